The Morgan fingerprint density at radius 1 is 0.391 bits per heavy atom. The van der Waals surface area contributed by atoms with Crippen molar-refractivity contribution in [2.24, 2.45) is 0 Å². The topological polar surface area (TPSA) is 51.6 Å². The first kappa shape index (κ1) is 16.7. The van der Waals surface area contributed by atoms with Gasteiger partial charge < -0.3 is 0 Å². The summed E-state index contributed by atoms with van der Waals surface area (Å²) in [5.41, 5.74) is 3.25. The maximum Gasteiger partial charge on any atom is 0.0886 e. The van der Waals surface area contributed by atoms with Crippen LogP contribution >= 0.6 is 0 Å². The average molecular weight is 345 g/mol. The van der Waals surface area contributed by atoms with E-state index < -0.39 is 0 Å². The van der Waals surface area contributed by atoms with Gasteiger partial charge in [-0.25, -0.2) is 0 Å². The number of hydrogen-bond acceptors (Lipinski definition) is 4. The molecule has 0 atom stereocenters. The second kappa shape index (κ2) is 8.72. The van der Waals surface area contributed by atoms with Crippen LogP contribution in [0.2, 0.25) is 0 Å². The first-order valence-corrected chi connectivity index (χ1v) is 6.92. The van der Waals surface area contributed by atoms with Gasteiger partial charge >= 0.3 is 0 Å². The summed E-state index contributed by atoms with van der Waals surface area (Å²) < 4.78 is 0. The maximum absolute atomic E-state index is 4.40. The van der Waals surface area contributed by atoms with Crippen molar-refractivity contribution in [1.29, 1.82) is 0 Å². The Morgan fingerprint density at radius 3 is 0.913 bits per heavy atom. The first-order valence-electron chi connectivity index (χ1n) is 6.92. The minimum atomic E-state index is 0. The molecule has 1 aromatic heterocycles. The summed E-state index contributed by atoms with van der Waals surface area (Å²) >= 11 is 0. The Labute approximate surface area is 144 Å². The van der Waals surface area contributed by atoms with Gasteiger partial charge in [0.1, 0.15) is 0 Å². The van der Waals surface area contributed by atoms with Crippen molar-refractivity contribution in [3.8, 4) is 0 Å². The van der Waals surface area contributed by atoms with E-state index in [4.69, 9.17) is 0 Å². The molecule has 0 aliphatic rings. The van der Waals surface area contributed by atoms with Crippen molar-refractivity contribution in [2.75, 3.05) is 0 Å². The van der Waals surface area contributed by atoms with Crippen LogP contribution in [0.15, 0.2) is 85.5 Å². The van der Waals surface area contributed by atoms with Crippen molar-refractivity contribution in [2.45, 2.75) is 0 Å². The molecular weight excluding hydrogens is 331 g/mol. The molecule has 2 aromatic carbocycles. The zero-order chi connectivity index (χ0) is 15.0. The van der Waals surface area contributed by atoms with Crippen LogP contribution in [0.5, 0.6) is 0 Å². The fourth-order valence-corrected chi connectivity index (χ4v) is 1.94. The standard InChI is InChI=1S/C18H14N4.Co/c1-2-8-16-15(7-1)19-11-5-13-21-17-9-3-4-10-18(17)22-14-6-12-20-16;/h1-14H;. The van der Waals surface area contributed by atoms with Gasteiger partial charge in [-0.15, -0.1) is 0 Å². The second-order valence-electron chi connectivity index (χ2n) is 4.48. The van der Waals surface area contributed by atoms with E-state index >= 15 is 0 Å². The summed E-state index contributed by atoms with van der Waals surface area (Å²) in [6.45, 7) is 0. The van der Waals surface area contributed by atoms with Crippen LogP contribution in [-0.2, 0) is 16.8 Å². The number of para-hydroxylation sites is 4. The third kappa shape index (κ3) is 4.67. The number of hydrogen-bond donors (Lipinski definition) is 0. The quantitative estimate of drug-likeness (QED) is 0.622. The molecule has 23 heavy (non-hydrogen) atoms. The second-order valence-corrected chi connectivity index (χ2v) is 4.48. The average Bonchev–Trinajstić information content (AvgIpc) is 2.56. The Morgan fingerprint density at radius 2 is 0.652 bits per heavy atom. The van der Waals surface area contributed by atoms with E-state index in [9.17, 15) is 0 Å². The predicted molar refractivity (Wildman–Crippen MR) is 87.9 cm³/mol. The first-order chi connectivity index (χ1) is 10.9. The molecule has 0 N–H and O–H groups in total. The molecule has 3 aromatic rings. The van der Waals surface area contributed by atoms with Gasteiger partial charge in [0.05, 0.1) is 22.1 Å². The Balaban J connectivity index is 0.00000192. The van der Waals surface area contributed by atoms with Crippen LogP contribution in [0.1, 0.15) is 0 Å². The van der Waals surface area contributed by atoms with Crippen LogP contribution < -0.4 is 0 Å². The molecular formula is C18H14CoN4. The van der Waals surface area contributed by atoms with Gasteiger partial charge in [-0.3, -0.25) is 19.9 Å². The van der Waals surface area contributed by atoms with E-state index in [2.05, 4.69) is 19.9 Å². The van der Waals surface area contributed by atoms with Gasteiger partial charge in [-0.05, 0) is 36.4 Å². The third-order valence-electron chi connectivity index (χ3n) is 2.96. The summed E-state index contributed by atoms with van der Waals surface area (Å²) in [4.78, 5) is 17.6. The maximum atomic E-state index is 4.40. The summed E-state index contributed by atoms with van der Waals surface area (Å²) in [7, 11) is 0. The van der Waals surface area contributed by atoms with Gasteiger partial charge in [0.2, 0.25) is 0 Å². The molecule has 5 heteroatoms. The molecule has 0 unspecified atom stereocenters. The monoisotopic (exact) mass is 345 g/mol. The van der Waals surface area contributed by atoms with Crippen molar-refractivity contribution in [3.63, 3.8) is 0 Å². The number of fused-ring (bicyclic) bond motifs is 2. The molecule has 4 nitrogen and oxygen atoms in total. The number of nitrogens with zero attached hydrogens (tertiary/aromatic N) is 4. The van der Waals surface area contributed by atoms with E-state index in [1.165, 1.54) is 0 Å². The predicted octanol–water partition coefficient (Wildman–Crippen LogP) is 3.82. The molecule has 3 rings (SSSR count). The van der Waals surface area contributed by atoms with Gasteiger partial charge in [0.25, 0.3) is 0 Å². The number of benzene rings is 2. The zero-order valence-electron chi connectivity index (χ0n) is 12.2. The van der Waals surface area contributed by atoms with Crippen LogP contribution in [0.4, 0.5) is 0 Å². The SMILES string of the molecule is [Co].c1cnc2ccccc2ncccnc2ccccc2nc1. The summed E-state index contributed by atoms with van der Waals surface area (Å²) in [5, 5.41) is 0. The van der Waals surface area contributed by atoms with Crippen LogP contribution in [0.3, 0.4) is 0 Å². The Hall–Kier alpha value is -2.63. The fourth-order valence-electron chi connectivity index (χ4n) is 1.94. The molecule has 0 saturated heterocycles. The van der Waals surface area contributed by atoms with Crippen molar-refractivity contribution >= 4 is 22.1 Å². The summed E-state index contributed by atoms with van der Waals surface area (Å²) in [6.07, 6.45) is 6.83. The fraction of sp³-hybridized carbons (Fsp3) is 0. The zero-order valence-corrected chi connectivity index (χ0v) is 13.2. The van der Waals surface area contributed by atoms with E-state index in [1.54, 1.807) is 36.9 Å². The van der Waals surface area contributed by atoms with E-state index in [0.717, 1.165) is 22.1 Å². The summed E-state index contributed by atoms with van der Waals surface area (Å²) in [6, 6.07) is 19.0. The molecule has 0 spiro atoms. The van der Waals surface area contributed by atoms with Crippen LogP contribution in [0.25, 0.3) is 22.1 Å². The molecule has 0 amide bonds. The molecule has 0 saturated carbocycles. The summed E-state index contributed by atoms with van der Waals surface area (Å²) in [5.74, 6) is 0. The Kier molecular flexibility index (Phi) is 6.35. The van der Waals surface area contributed by atoms with E-state index in [0.29, 0.717) is 0 Å². The van der Waals surface area contributed by atoms with Gasteiger partial charge in [0, 0.05) is 41.6 Å². The molecule has 0 aliphatic carbocycles. The number of aromatic nitrogens is 4. The van der Waals surface area contributed by atoms with Crippen molar-refractivity contribution in [3.05, 3.63) is 85.5 Å². The van der Waals surface area contributed by atoms with Crippen LogP contribution in [-0.4, -0.2) is 19.9 Å². The largest absolute Gasteiger partial charge is 0.255 e. The molecule has 0 fully saturated rings. The number of rotatable bonds is 0. The van der Waals surface area contributed by atoms with Crippen LogP contribution in [0, 0.1) is 0 Å². The molecule has 0 bridgehead atoms. The molecule has 1 heterocycles. The smallest absolute Gasteiger partial charge is 0.0886 e. The molecule has 115 valence electrons. The van der Waals surface area contributed by atoms with Gasteiger partial charge in [-0.1, -0.05) is 24.3 Å². The van der Waals surface area contributed by atoms with Crippen molar-refractivity contribution < 1.29 is 16.8 Å². The molecule has 0 aliphatic heterocycles. The normalized spacial score (nSPS) is 9.39. The minimum Gasteiger partial charge on any atom is -0.255 e. The van der Waals surface area contributed by atoms with Crippen molar-refractivity contribution in [1.82, 2.24) is 19.9 Å². The Bertz CT molecular complexity index is 765. The van der Waals surface area contributed by atoms with Gasteiger partial charge in [0.15, 0.2) is 0 Å². The third-order valence-corrected chi connectivity index (χ3v) is 2.96. The van der Waals surface area contributed by atoms with Gasteiger partial charge in [-0.2, -0.15) is 0 Å². The van der Waals surface area contributed by atoms with E-state index in [-0.39, 0.29) is 16.8 Å². The molecule has 1 radical (unpaired) electrons. The minimum absolute atomic E-state index is 0. The van der Waals surface area contributed by atoms with E-state index in [1.807, 2.05) is 48.5 Å².